The van der Waals surface area contributed by atoms with Gasteiger partial charge in [0.05, 0.1) is 5.52 Å². The molecule has 2 rings (SSSR count). The number of hydrogen-bond donors (Lipinski definition) is 0. The molecule has 0 saturated carbocycles. The SMILES string of the molecule is BrCc1cc(Br)nc2ccccc12. The third-order valence-electron chi connectivity index (χ3n) is 1.91. The fraction of sp³-hybridized carbons (Fsp3) is 0.100. The summed E-state index contributed by atoms with van der Waals surface area (Å²) in [5.41, 5.74) is 2.30. The molecule has 0 fully saturated rings. The van der Waals surface area contributed by atoms with E-state index in [2.05, 4.69) is 42.9 Å². The molecule has 3 heteroatoms. The molecule has 0 aliphatic heterocycles. The van der Waals surface area contributed by atoms with Crippen LogP contribution in [0.5, 0.6) is 0 Å². The zero-order valence-electron chi connectivity index (χ0n) is 6.80. The molecule has 66 valence electrons. The molecule has 0 bridgehead atoms. The van der Waals surface area contributed by atoms with Gasteiger partial charge in [-0.05, 0) is 33.6 Å². The summed E-state index contributed by atoms with van der Waals surface area (Å²) in [7, 11) is 0. The van der Waals surface area contributed by atoms with Crippen molar-refractivity contribution in [1.82, 2.24) is 4.98 Å². The van der Waals surface area contributed by atoms with E-state index < -0.39 is 0 Å². The Morgan fingerprint density at radius 2 is 2.00 bits per heavy atom. The molecule has 0 aliphatic rings. The Kier molecular flexibility index (Phi) is 2.65. The van der Waals surface area contributed by atoms with Crippen molar-refractivity contribution < 1.29 is 0 Å². The van der Waals surface area contributed by atoms with Crippen molar-refractivity contribution >= 4 is 42.8 Å². The highest BCUT2D eigenvalue weighted by Gasteiger charge is 2.01. The maximum Gasteiger partial charge on any atom is 0.107 e. The zero-order valence-corrected chi connectivity index (χ0v) is 9.97. The number of benzene rings is 1. The molecule has 2 aromatic rings. The van der Waals surface area contributed by atoms with E-state index in [1.54, 1.807) is 0 Å². The number of para-hydroxylation sites is 1. The quantitative estimate of drug-likeness (QED) is 0.575. The highest BCUT2D eigenvalue weighted by Crippen LogP contribution is 2.22. The fourth-order valence-electron chi connectivity index (χ4n) is 1.32. The minimum atomic E-state index is 0.856. The number of alkyl halides is 1. The maximum absolute atomic E-state index is 4.38. The number of aromatic nitrogens is 1. The van der Waals surface area contributed by atoms with E-state index >= 15 is 0 Å². The van der Waals surface area contributed by atoms with Crippen molar-refractivity contribution in [3.8, 4) is 0 Å². The molecular weight excluding hydrogens is 294 g/mol. The van der Waals surface area contributed by atoms with Gasteiger partial charge in [-0.1, -0.05) is 34.1 Å². The van der Waals surface area contributed by atoms with E-state index in [9.17, 15) is 0 Å². The average Bonchev–Trinajstić information content (AvgIpc) is 2.16. The van der Waals surface area contributed by atoms with Crippen molar-refractivity contribution in [2.75, 3.05) is 0 Å². The van der Waals surface area contributed by atoms with E-state index in [-0.39, 0.29) is 0 Å². The predicted octanol–water partition coefficient (Wildman–Crippen LogP) is 3.89. The van der Waals surface area contributed by atoms with E-state index in [4.69, 9.17) is 0 Å². The number of nitrogens with zero attached hydrogens (tertiary/aromatic N) is 1. The van der Waals surface area contributed by atoms with Crippen LogP contribution in [0.1, 0.15) is 5.56 Å². The van der Waals surface area contributed by atoms with Crippen molar-refractivity contribution in [1.29, 1.82) is 0 Å². The summed E-state index contributed by atoms with van der Waals surface area (Å²) in [6, 6.07) is 10.2. The lowest BCUT2D eigenvalue weighted by Gasteiger charge is -2.03. The summed E-state index contributed by atoms with van der Waals surface area (Å²) >= 11 is 6.86. The molecule has 0 amide bonds. The van der Waals surface area contributed by atoms with Gasteiger partial charge in [0.25, 0.3) is 0 Å². The second kappa shape index (κ2) is 3.76. The number of rotatable bonds is 1. The van der Waals surface area contributed by atoms with E-state index in [0.717, 1.165) is 15.4 Å². The van der Waals surface area contributed by atoms with Crippen LogP contribution in [0.25, 0.3) is 10.9 Å². The monoisotopic (exact) mass is 299 g/mol. The molecule has 13 heavy (non-hydrogen) atoms. The fourth-order valence-corrected chi connectivity index (χ4v) is 2.25. The lowest BCUT2D eigenvalue weighted by molar-refractivity contribution is 1.31. The summed E-state index contributed by atoms with van der Waals surface area (Å²) in [6.45, 7) is 0. The summed E-state index contributed by atoms with van der Waals surface area (Å²) in [6.07, 6.45) is 0. The van der Waals surface area contributed by atoms with Gasteiger partial charge in [-0.3, -0.25) is 0 Å². The normalized spacial score (nSPS) is 10.6. The van der Waals surface area contributed by atoms with Crippen molar-refractivity contribution in [3.63, 3.8) is 0 Å². The smallest absolute Gasteiger partial charge is 0.107 e. The summed E-state index contributed by atoms with van der Waals surface area (Å²) in [5.74, 6) is 0. The van der Waals surface area contributed by atoms with Crippen LogP contribution in [0.2, 0.25) is 0 Å². The first-order valence-electron chi connectivity index (χ1n) is 3.91. The van der Waals surface area contributed by atoms with Crippen LogP contribution in [0.4, 0.5) is 0 Å². The molecule has 1 aromatic carbocycles. The van der Waals surface area contributed by atoms with Gasteiger partial charge >= 0.3 is 0 Å². The minimum absolute atomic E-state index is 0.856. The second-order valence-electron chi connectivity index (χ2n) is 2.75. The maximum atomic E-state index is 4.38. The molecule has 0 aliphatic carbocycles. The van der Waals surface area contributed by atoms with Gasteiger partial charge in [-0.15, -0.1) is 0 Å². The first kappa shape index (κ1) is 9.16. The van der Waals surface area contributed by atoms with Crippen LogP contribution in [0.3, 0.4) is 0 Å². The molecule has 0 unspecified atom stereocenters. The molecule has 1 nitrogen and oxygen atoms in total. The third kappa shape index (κ3) is 1.76. The summed E-state index contributed by atoms with van der Waals surface area (Å²) in [4.78, 5) is 4.38. The molecular formula is C10H7Br2N. The van der Waals surface area contributed by atoms with Gasteiger partial charge in [0, 0.05) is 10.7 Å². The largest absolute Gasteiger partial charge is 0.241 e. The Hall–Kier alpha value is -0.410. The number of fused-ring (bicyclic) bond motifs is 1. The lowest BCUT2D eigenvalue weighted by Crippen LogP contribution is -1.86. The van der Waals surface area contributed by atoms with Gasteiger partial charge in [0.2, 0.25) is 0 Å². The van der Waals surface area contributed by atoms with E-state index in [0.29, 0.717) is 0 Å². The Labute approximate surface area is 93.4 Å². The van der Waals surface area contributed by atoms with E-state index in [1.165, 1.54) is 10.9 Å². The van der Waals surface area contributed by atoms with Crippen molar-refractivity contribution in [2.24, 2.45) is 0 Å². The second-order valence-corrected chi connectivity index (χ2v) is 4.13. The topological polar surface area (TPSA) is 12.9 Å². The first-order valence-corrected chi connectivity index (χ1v) is 5.83. The van der Waals surface area contributed by atoms with Crippen LogP contribution >= 0.6 is 31.9 Å². The number of hydrogen-bond acceptors (Lipinski definition) is 1. The molecule has 0 atom stereocenters. The van der Waals surface area contributed by atoms with Crippen molar-refractivity contribution in [2.45, 2.75) is 5.33 Å². The molecule has 0 radical (unpaired) electrons. The Morgan fingerprint density at radius 3 is 2.77 bits per heavy atom. The molecule has 1 aromatic heterocycles. The van der Waals surface area contributed by atoms with Crippen LogP contribution in [0.15, 0.2) is 34.9 Å². The highest BCUT2D eigenvalue weighted by atomic mass is 79.9. The Morgan fingerprint density at radius 1 is 1.23 bits per heavy atom. The Bertz CT molecular complexity index is 440. The summed E-state index contributed by atoms with van der Waals surface area (Å²) in [5, 5.41) is 2.07. The standard InChI is InChI=1S/C10H7Br2N/c11-6-7-5-10(12)13-9-4-2-1-3-8(7)9/h1-5H,6H2. The van der Waals surface area contributed by atoms with Gasteiger partial charge < -0.3 is 0 Å². The average molecular weight is 301 g/mol. The van der Waals surface area contributed by atoms with Crippen molar-refractivity contribution in [3.05, 3.63) is 40.5 Å². The third-order valence-corrected chi connectivity index (χ3v) is 2.92. The van der Waals surface area contributed by atoms with Crippen LogP contribution in [0, 0.1) is 0 Å². The zero-order chi connectivity index (χ0) is 9.26. The lowest BCUT2D eigenvalue weighted by atomic mass is 10.1. The number of halogens is 2. The van der Waals surface area contributed by atoms with Gasteiger partial charge in [0.15, 0.2) is 0 Å². The van der Waals surface area contributed by atoms with Crippen LogP contribution < -0.4 is 0 Å². The van der Waals surface area contributed by atoms with Crippen LogP contribution in [-0.2, 0) is 5.33 Å². The summed E-state index contributed by atoms with van der Waals surface area (Å²) < 4.78 is 0.889. The minimum Gasteiger partial charge on any atom is -0.241 e. The molecule has 0 saturated heterocycles. The molecule has 1 heterocycles. The Balaban J connectivity index is 2.81. The van der Waals surface area contributed by atoms with Gasteiger partial charge in [-0.2, -0.15) is 0 Å². The van der Waals surface area contributed by atoms with Crippen LogP contribution in [-0.4, -0.2) is 4.98 Å². The number of pyridine rings is 1. The first-order chi connectivity index (χ1) is 6.31. The molecule has 0 spiro atoms. The predicted molar refractivity (Wildman–Crippen MR) is 62.1 cm³/mol. The highest BCUT2D eigenvalue weighted by molar-refractivity contribution is 9.10. The van der Waals surface area contributed by atoms with Gasteiger partial charge in [0.1, 0.15) is 4.60 Å². The van der Waals surface area contributed by atoms with E-state index in [1.807, 2.05) is 24.3 Å². The molecule has 0 N–H and O–H groups in total. The van der Waals surface area contributed by atoms with Gasteiger partial charge in [-0.25, -0.2) is 4.98 Å².